The highest BCUT2D eigenvalue weighted by atomic mass is 35.5. The number of nitrogens with zero attached hydrogens (tertiary/aromatic N) is 4. The van der Waals surface area contributed by atoms with Crippen molar-refractivity contribution in [2.45, 2.75) is 50.9 Å². The highest BCUT2D eigenvalue weighted by Crippen LogP contribution is 2.42. The Balaban J connectivity index is 1.20. The number of carbonyl (C=O) groups excluding carboxylic acids is 2. The van der Waals surface area contributed by atoms with E-state index in [1.807, 2.05) is 36.4 Å². The number of nitrogens with two attached hydrogens (primary N) is 1. The van der Waals surface area contributed by atoms with Crippen LogP contribution in [0.15, 0.2) is 48.8 Å². The molecule has 250 valence electrons. The van der Waals surface area contributed by atoms with Gasteiger partial charge < -0.3 is 31.2 Å². The van der Waals surface area contributed by atoms with Crippen molar-refractivity contribution in [3.05, 3.63) is 70.2 Å². The summed E-state index contributed by atoms with van der Waals surface area (Å²) < 4.78 is 11.1. The van der Waals surface area contributed by atoms with Gasteiger partial charge in [0.2, 0.25) is 23.6 Å². The molecule has 1 aliphatic carbocycles. The Kier molecular flexibility index (Phi) is 10.4. The second kappa shape index (κ2) is 14.8. The molecule has 0 unspecified atom stereocenters. The van der Waals surface area contributed by atoms with E-state index in [2.05, 4.69) is 25.9 Å². The third kappa shape index (κ3) is 7.21. The van der Waals surface area contributed by atoms with Gasteiger partial charge in [0.15, 0.2) is 0 Å². The number of halogens is 2. The van der Waals surface area contributed by atoms with Crippen LogP contribution in [0.3, 0.4) is 0 Å². The first-order valence-corrected chi connectivity index (χ1v) is 16.4. The summed E-state index contributed by atoms with van der Waals surface area (Å²) in [6.45, 7) is 1.50. The first-order valence-electron chi connectivity index (χ1n) is 15.7. The number of amides is 2. The van der Waals surface area contributed by atoms with Crippen LogP contribution in [0.2, 0.25) is 10.0 Å². The van der Waals surface area contributed by atoms with E-state index in [-0.39, 0.29) is 29.8 Å². The maximum Gasteiger partial charge on any atom is 0.237 e. The summed E-state index contributed by atoms with van der Waals surface area (Å²) in [6.07, 6.45) is 6.11. The number of nitrogens with one attached hydrogen (secondary N) is 3. The molecule has 48 heavy (non-hydrogen) atoms. The molecule has 1 saturated heterocycles. The zero-order valence-electron chi connectivity index (χ0n) is 26.6. The second-order valence-electron chi connectivity index (χ2n) is 11.8. The minimum Gasteiger partial charge on any atom is -0.480 e. The standard InChI is InChI=1S/C34H36Cl2N8O4/c1-47-33-27(14-38-13-19-9-10-29(45)42-19)40-15-25(43-33)23-7-3-5-21(30(23)35)22-6-4-8-24(31(22)36)26-16-41-28(34(44-26)48-2)17-39-20-11-18(12-20)32(37)46/h3-8,15-16,18-20,38-39H,9-14,17H2,1-2H3,(H2,37,46)(H,42,45)/t18-,19-,20-/m0/s1. The summed E-state index contributed by atoms with van der Waals surface area (Å²) in [7, 11) is 3.10. The van der Waals surface area contributed by atoms with Crippen molar-refractivity contribution in [2.24, 2.45) is 11.7 Å². The fraction of sp³-hybridized carbons (Fsp3) is 0.353. The quantitative estimate of drug-likeness (QED) is 0.159. The molecule has 1 atom stereocenters. The lowest BCUT2D eigenvalue weighted by Crippen LogP contribution is -2.46. The number of carbonyl (C=O) groups is 2. The Morgan fingerprint density at radius 2 is 1.44 bits per heavy atom. The van der Waals surface area contributed by atoms with Crippen LogP contribution in [-0.4, -0.2) is 64.6 Å². The molecule has 3 heterocycles. The van der Waals surface area contributed by atoms with Gasteiger partial charge in [-0.1, -0.05) is 59.6 Å². The molecule has 2 aromatic heterocycles. The van der Waals surface area contributed by atoms with E-state index in [0.29, 0.717) is 106 Å². The van der Waals surface area contributed by atoms with Crippen LogP contribution in [0.5, 0.6) is 11.8 Å². The van der Waals surface area contributed by atoms with Crippen molar-refractivity contribution in [2.75, 3.05) is 20.8 Å². The number of methoxy groups -OCH3 is 2. The summed E-state index contributed by atoms with van der Waals surface area (Å²) in [5.41, 5.74) is 10.5. The highest BCUT2D eigenvalue weighted by molar-refractivity contribution is 6.39. The minimum absolute atomic E-state index is 0.0783. The molecule has 2 aromatic carbocycles. The predicted octanol–water partition coefficient (Wildman–Crippen LogP) is 4.31. The van der Waals surface area contributed by atoms with E-state index in [1.54, 1.807) is 26.6 Å². The van der Waals surface area contributed by atoms with Crippen molar-refractivity contribution in [1.29, 1.82) is 0 Å². The van der Waals surface area contributed by atoms with Gasteiger partial charge in [-0.15, -0.1) is 0 Å². The Labute approximate surface area is 288 Å². The number of aromatic nitrogens is 4. The molecule has 14 heteroatoms. The molecule has 5 N–H and O–H groups in total. The Hall–Kier alpha value is -4.36. The molecule has 0 bridgehead atoms. The number of rotatable bonds is 13. The summed E-state index contributed by atoms with van der Waals surface area (Å²) in [5, 5.41) is 10.6. The minimum atomic E-state index is -0.262. The van der Waals surface area contributed by atoms with Crippen molar-refractivity contribution >= 4 is 35.0 Å². The summed E-state index contributed by atoms with van der Waals surface area (Å²) in [6, 6.07) is 11.6. The lowest BCUT2D eigenvalue weighted by atomic mass is 9.80. The molecule has 6 rings (SSSR count). The predicted molar refractivity (Wildman–Crippen MR) is 182 cm³/mol. The maximum atomic E-state index is 11.5. The lowest BCUT2D eigenvalue weighted by Gasteiger charge is -2.33. The van der Waals surface area contributed by atoms with Crippen LogP contribution in [0.25, 0.3) is 33.6 Å². The number of benzene rings is 2. The summed E-state index contributed by atoms with van der Waals surface area (Å²) >= 11 is 14.1. The van der Waals surface area contributed by atoms with E-state index >= 15 is 0 Å². The fourth-order valence-corrected chi connectivity index (χ4v) is 6.60. The normalized spacial score (nSPS) is 18.7. The zero-order valence-corrected chi connectivity index (χ0v) is 28.1. The first-order chi connectivity index (χ1) is 23.2. The molecule has 12 nitrogen and oxygen atoms in total. The molecule has 2 amide bonds. The van der Waals surface area contributed by atoms with Gasteiger partial charge in [-0.2, -0.15) is 0 Å². The van der Waals surface area contributed by atoms with Crippen LogP contribution in [0.4, 0.5) is 0 Å². The van der Waals surface area contributed by atoms with Crippen molar-refractivity contribution in [3.8, 4) is 45.4 Å². The largest absolute Gasteiger partial charge is 0.480 e. The van der Waals surface area contributed by atoms with Gasteiger partial charge in [0, 0.05) is 66.3 Å². The average molecular weight is 692 g/mol. The number of primary amides is 1. The fourth-order valence-electron chi connectivity index (χ4n) is 5.95. The molecule has 1 saturated carbocycles. The zero-order chi connectivity index (χ0) is 33.8. The van der Waals surface area contributed by atoms with Crippen LogP contribution < -0.4 is 31.2 Å². The van der Waals surface area contributed by atoms with Crippen molar-refractivity contribution in [1.82, 2.24) is 35.9 Å². The molecule has 2 aliphatic rings. The monoisotopic (exact) mass is 690 g/mol. The smallest absolute Gasteiger partial charge is 0.237 e. The molecule has 2 fully saturated rings. The van der Waals surface area contributed by atoms with E-state index in [9.17, 15) is 9.59 Å². The van der Waals surface area contributed by atoms with E-state index < -0.39 is 0 Å². The molecule has 1 aliphatic heterocycles. The van der Waals surface area contributed by atoms with Gasteiger partial charge in [0.1, 0.15) is 11.4 Å². The van der Waals surface area contributed by atoms with Crippen molar-refractivity contribution in [3.63, 3.8) is 0 Å². The third-order valence-electron chi connectivity index (χ3n) is 8.72. The Bertz CT molecular complexity index is 1840. The Morgan fingerprint density at radius 3 is 1.94 bits per heavy atom. The molecule has 0 radical (unpaired) electrons. The van der Waals surface area contributed by atoms with Gasteiger partial charge in [-0.25, -0.2) is 9.97 Å². The topological polar surface area (TPSA) is 166 Å². The first kappa shape index (κ1) is 33.5. The van der Waals surface area contributed by atoms with Gasteiger partial charge in [0.25, 0.3) is 0 Å². The molecule has 4 aromatic rings. The maximum absolute atomic E-state index is 11.5. The number of ether oxygens (including phenoxy) is 2. The number of hydrogen-bond donors (Lipinski definition) is 4. The molecular formula is C34H36Cl2N8O4. The lowest BCUT2D eigenvalue weighted by molar-refractivity contribution is -0.125. The van der Waals surface area contributed by atoms with Crippen LogP contribution in [0, 0.1) is 5.92 Å². The van der Waals surface area contributed by atoms with Gasteiger partial charge >= 0.3 is 0 Å². The average Bonchev–Trinajstić information content (AvgIpc) is 3.49. The van der Waals surface area contributed by atoms with E-state index in [0.717, 1.165) is 6.42 Å². The van der Waals surface area contributed by atoms with Gasteiger partial charge in [0.05, 0.1) is 48.0 Å². The molecular weight excluding hydrogens is 655 g/mol. The van der Waals surface area contributed by atoms with Crippen LogP contribution in [0.1, 0.15) is 37.1 Å². The summed E-state index contributed by atoms with van der Waals surface area (Å²) in [5.74, 6) is 0.497. The Morgan fingerprint density at radius 1 is 0.896 bits per heavy atom. The van der Waals surface area contributed by atoms with E-state index in [4.69, 9.17) is 48.4 Å². The van der Waals surface area contributed by atoms with Gasteiger partial charge in [-0.3, -0.25) is 19.6 Å². The summed E-state index contributed by atoms with van der Waals surface area (Å²) in [4.78, 5) is 41.5. The SMILES string of the molecule is COc1nc(-c2cccc(-c3cccc(-c4cnc(CN[C@H]5C[C@H](C(N)=O)C5)c(OC)n4)c3Cl)c2Cl)cnc1CNC[C@@H]1CCC(=O)N1. The molecule has 0 spiro atoms. The second-order valence-corrected chi connectivity index (χ2v) is 12.6. The van der Waals surface area contributed by atoms with Crippen LogP contribution >= 0.6 is 23.2 Å². The van der Waals surface area contributed by atoms with Crippen molar-refractivity contribution < 1.29 is 19.1 Å². The highest BCUT2D eigenvalue weighted by Gasteiger charge is 2.33. The van der Waals surface area contributed by atoms with Gasteiger partial charge in [-0.05, 0) is 19.3 Å². The number of hydrogen-bond acceptors (Lipinski definition) is 10. The van der Waals surface area contributed by atoms with Crippen LogP contribution in [-0.2, 0) is 22.7 Å². The third-order valence-corrected chi connectivity index (χ3v) is 9.53. The van der Waals surface area contributed by atoms with E-state index in [1.165, 1.54) is 0 Å².